The lowest BCUT2D eigenvalue weighted by Gasteiger charge is -2.30. The van der Waals surface area contributed by atoms with Gasteiger partial charge in [-0.3, -0.25) is 4.79 Å². The van der Waals surface area contributed by atoms with Crippen LogP contribution in [0.3, 0.4) is 0 Å². The molecule has 0 saturated heterocycles. The van der Waals surface area contributed by atoms with Crippen molar-refractivity contribution in [3.8, 4) is 0 Å². The highest BCUT2D eigenvalue weighted by molar-refractivity contribution is 5.97. The zero-order valence-electron chi connectivity index (χ0n) is 10.5. The van der Waals surface area contributed by atoms with Crippen LogP contribution in [-0.4, -0.2) is 19.0 Å². The van der Waals surface area contributed by atoms with Crippen LogP contribution < -0.4 is 10.6 Å². The van der Waals surface area contributed by atoms with E-state index in [2.05, 4.69) is 0 Å². The van der Waals surface area contributed by atoms with E-state index in [0.29, 0.717) is 12.2 Å². The minimum atomic E-state index is -0.637. The minimum absolute atomic E-state index is 0.0897. The molecule has 0 aromatic heterocycles. The number of benzene rings is 1. The molecule has 0 fully saturated rings. The predicted molar refractivity (Wildman–Crippen MR) is 67.3 cm³/mol. The van der Waals surface area contributed by atoms with Crippen LogP contribution in [-0.2, 0) is 4.79 Å². The number of nitrogens with zero attached hydrogens (tertiary/aromatic N) is 1. The topological polar surface area (TPSA) is 46.3 Å². The summed E-state index contributed by atoms with van der Waals surface area (Å²) >= 11 is 0. The summed E-state index contributed by atoms with van der Waals surface area (Å²) in [6.45, 7) is 6.19. The van der Waals surface area contributed by atoms with Crippen molar-refractivity contribution in [3.63, 3.8) is 0 Å². The van der Waals surface area contributed by atoms with Gasteiger partial charge in [0.15, 0.2) is 0 Å². The van der Waals surface area contributed by atoms with E-state index in [1.807, 2.05) is 6.92 Å². The third-order valence-electron chi connectivity index (χ3n) is 2.77. The molecule has 1 aromatic rings. The zero-order valence-corrected chi connectivity index (χ0v) is 10.5. The fraction of sp³-hybridized carbons (Fsp3) is 0.462. The van der Waals surface area contributed by atoms with Gasteiger partial charge in [0, 0.05) is 18.8 Å². The lowest BCUT2D eigenvalue weighted by Crippen LogP contribution is -2.44. The van der Waals surface area contributed by atoms with Gasteiger partial charge in [0.05, 0.1) is 5.41 Å². The molecule has 0 aliphatic heterocycles. The van der Waals surface area contributed by atoms with Crippen LogP contribution in [0.1, 0.15) is 20.8 Å². The Hall–Kier alpha value is -1.42. The van der Waals surface area contributed by atoms with Crippen LogP contribution in [0.4, 0.5) is 10.1 Å². The Bertz CT molecular complexity index is 404. The Balaban J connectivity index is 3.04. The maximum Gasteiger partial charge on any atom is 0.233 e. The summed E-state index contributed by atoms with van der Waals surface area (Å²) < 4.78 is 13.1. The summed E-state index contributed by atoms with van der Waals surface area (Å²) in [5.74, 6) is -0.438. The van der Waals surface area contributed by atoms with Crippen LogP contribution >= 0.6 is 0 Å². The molecule has 0 spiro atoms. The smallest absolute Gasteiger partial charge is 0.233 e. The molecule has 0 aliphatic carbocycles. The van der Waals surface area contributed by atoms with Gasteiger partial charge in [-0.1, -0.05) is 6.07 Å². The number of hydrogen-bond donors (Lipinski definition) is 1. The monoisotopic (exact) mass is 238 g/mol. The second kappa shape index (κ2) is 5.27. The van der Waals surface area contributed by atoms with Crippen LogP contribution in [0.2, 0.25) is 0 Å². The minimum Gasteiger partial charge on any atom is -0.329 e. The maximum atomic E-state index is 13.1. The molecule has 2 N–H and O–H groups in total. The van der Waals surface area contributed by atoms with E-state index in [1.54, 1.807) is 30.9 Å². The highest BCUT2D eigenvalue weighted by Gasteiger charge is 2.30. The second-order valence-electron chi connectivity index (χ2n) is 4.62. The Kier molecular flexibility index (Phi) is 4.23. The molecule has 0 atom stereocenters. The average molecular weight is 238 g/mol. The number of hydrogen-bond acceptors (Lipinski definition) is 2. The van der Waals surface area contributed by atoms with E-state index in [4.69, 9.17) is 5.73 Å². The van der Waals surface area contributed by atoms with Crippen molar-refractivity contribution >= 4 is 11.6 Å². The molecule has 0 saturated carbocycles. The van der Waals surface area contributed by atoms with E-state index in [9.17, 15) is 9.18 Å². The molecular formula is C13H19FN2O. The summed E-state index contributed by atoms with van der Waals surface area (Å²) in [5, 5.41) is 0. The van der Waals surface area contributed by atoms with Gasteiger partial charge in [-0.25, -0.2) is 4.39 Å². The molecule has 3 nitrogen and oxygen atoms in total. The van der Waals surface area contributed by atoms with Crippen molar-refractivity contribution < 1.29 is 9.18 Å². The Labute approximate surface area is 101 Å². The van der Waals surface area contributed by atoms with Crippen LogP contribution in [0.5, 0.6) is 0 Å². The quantitative estimate of drug-likeness (QED) is 0.873. The van der Waals surface area contributed by atoms with E-state index in [1.165, 1.54) is 12.1 Å². The average Bonchev–Trinajstić information content (AvgIpc) is 2.30. The molecule has 17 heavy (non-hydrogen) atoms. The third-order valence-corrected chi connectivity index (χ3v) is 2.77. The van der Waals surface area contributed by atoms with Gasteiger partial charge in [0.25, 0.3) is 0 Å². The Morgan fingerprint density at radius 2 is 2.12 bits per heavy atom. The molecule has 0 radical (unpaired) electrons. The number of nitrogens with two attached hydrogens (primary N) is 1. The van der Waals surface area contributed by atoms with E-state index in [0.717, 1.165) is 0 Å². The first-order chi connectivity index (χ1) is 7.92. The van der Waals surface area contributed by atoms with Gasteiger partial charge >= 0.3 is 0 Å². The summed E-state index contributed by atoms with van der Waals surface area (Å²) in [4.78, 5) is 13.8. The second-order valence-corrected chi connectivity index (χ2v) is 4.62. The first kappa shape index (κ1) is 13.6. The fourth-order valence-electron chi connectivity index (χ4n) is 1.54. The molecule has 0 bridgehead atoms. The molecule has 1 rings (SSSR count). The van der Waals surface area contributed by atoms with E-state index < -0.39 is 5.41 Å². The molecule has 94 valence electrons. The standard InChI is InChI=1S/C13H19FN2O/c1-4-16(12(17)13(2,3)9-15)11-7-5-6-10(14)8-11/h5-8H,4,9,15H2,1-3H3. The molecular weight excluding hydrogens is 219 g/mol. The maximum absolute atomic E-state index is 13.1. The zero-order chi connectivity index (χ0) is 13.1. The highest BCUT2D eigenvalue weighted by Crippen LogP contribution is 2.23. The van der Waals surface area contributed by atoms with E-state index >= 15 is 0 Å². The van der Waals surface area contributed by atoms with Crippen LogP contribution in [0.25, 0.3) is 0 Å². The third kappa shape index (κ3) is 3.03. The van der Waals surface area contributed by atoms with Gasteiger partial charge in [-0.15, -0.1) is 0 Å². The summed E-state index contributed by atoms with van der Waals surface area (Å²) in [6, 6.07) is 6.02. The van der Waals surface area contributed by atoms with Crippen molar-refractivity contribution in [1.82, 2.24) is 0 Å². The van der Waals surface area contributed by atoms with Gasteiger partial charge in [-0.05, 0) is 39.0 Å². The first-order valence-corrected chi connectivity index (χ1v) is 5.70. The normalized spacial score (nSPS) is 11.4. The van der Waals surface area contributed by atoms with Gasteiger partial charge in [-0.2, -0.15) is 0 Å². The lowest BCUT2D eigenvalue weighted by molar-refractivity contribution is -0.126. The number of amides is 1. The van der Waals surface area contributed by atoms with Crippen molar-refractivity contribution in [3.05, 3.63) is 30.1 Å². The van der Waals surface area contributed by atoms with Crippen LogP contribution in [0, 0.1) is 11.2 Å². The van der Waals surface area contributed by atoms with Gasteiger partial charge < -0.3 is 10.6 Å². The largest absolute Gasteiger partial charge is 0.329 e. The van der Waals surface area contributed by atoms with Crippen molar-refractivity contribution in [1.29, 1.82) is 0 Å². The SMILES string of the molecule is CCN(C(=O)C(C)(C)CN)c1cccc(F)c1. The summed E-state index contributed by atoms with van der Waals surface area (Å²) in [7, 11) is 0. The Morgan fingerprint density at radius 1 is 1.47 bits per heavy atom. The lowest BCUT2D eigenvalue weighted by atomic mass is 9.91. The van der Waals surface area contributed by atoms with Crippen molar-refractivity contribution in [2.24, 2.45) is 11.1 Å². The number of carbonyl (C=O) groups excluding carboxylic acids is 1. The van der Waals surface area contributed by atoms with Gasteiger partial charge in [0.2, 0.25) is 5.91 Å². The number of halogens is 1. The first-order valence-electron chi connectivity index (χ1n) is 5.70. The molecule has 0 aliphatic rings. The van der Waals surface area contributed by atoms with Crippen molar-refractivity contribution in [2.75, 3.05) is 18.0 Å². The highest BCUT2D eigenvalue weighted by atomic mass is 19.1. The summed E-state index contributed by atoms with van der Waals surface area (Å²) in [5.41, 5.74) is 5.52. The molecule has 1 amide bonds. The predicted octanol–water partition coefficient (Wildman–Crippen LogP) is 2.16. The Morgan fingerprint density at radius 3 is 2.59 bits per heavy atom. The van der Waals surface area contributed by atoms with Crippen molar-refractivity contribution in [2.45, 2.75) is 20.8 Å². The molecule has 0 heterocycles. The number of rotatable bonds is 4. The number of carbonyl (C=O) groups is 1. The molecule has 4 heteroatoms. The van der Waals surface area contributed by atoms with Crippen LogP contribution in [0.15, 0.2) is 24.3 Å². The molecule has 0 unspecified atom stereocenters. The van der Waals surface area contributed by atoms with Gasteiger partial charge in [0.1, 0.15) is 5.82 Å². The summed E-state index contributed by atoms with van der Waals surface area (Å²) in [6.07, 6.45) is 0. The molecule has 1 aromatic carbocycles. The number of anilines is 1. The van der Waals surface area contributed by atoms with E-state index in [-0.39, 0.29) is 18.3 Å². The fourth-order valence-corrected chi connectivity index (χ4v) is 1.54.